The maximum absolute atomic E-state index is 13.0. The average molecular weight is 276 g/mol. The molecular weight excluding hydrogens is 265 g/mol. The molecule has 19 heavy (non-hydrogen) atoms. The molecule has 0 saturated heterocycles. The predicted octanol–water partition coefficient (Wildman–Crippen LogP) is 3.34. The number of imidazole rings is 1. The van der Waals surface area contributed by atoms with Crippen LogP contribution in [0.5, 0.6) is 0 Å². The normalized spacial score (nSPS) is 11.1. The van der Waals surface area contributed by atoms with Gasteiger partial charge >= 0.3 is 0 Å². The Labute approximate surface area is 114 Å². The van der Waals surface area contributed by atoms with E-state index in [1.165, 1.54) is 12.1 Å². The van der Waals surface area contributed by atoms with Gasteiger partial charge in [-0.3, -0.25) is 9.55 Å². The maximum Gasteiger partial charge on any atom is 0.123 e. The molecule has 5 heteroatoms. The van der Waals surface area contributed by atoms with E-state index >= 15 is 0 Å². The molecule has 0 bridgehead atoms. The molecule has 0 radical (unpaired) electrons. The zero-order valence-electron chi connectivity index (χ0n) is 10.1. The number of rotatable bonds is 3. The maximum atomic E-state index is 13.0. The molecule has 0 fully saturated rings. The fourth-order valence-electron chi connectivity index (χ4n) is 2.11. The van der Waals surface area contributed by atoms with Crippen molar-refractivity contribution in [3.05, 3.63) is 54.4 Å². The second-order valence-electron chi connectivity index (χ2n) is 4.14. The van der Waals surface area contributed by atoms with Crippen molar-refractivity contribution in [1.82, 2.24) is 14.5 Å². The molecule has 0 spiro atoms. The SMILES string of the molecule is Fc1ccc(-n2c(CCCl)nc3cnccc32)cc1. The average Bonchev–Trinajstić information content (AvgIpc) is 2.78. The van der Waals surface area contributed by atoms with Gasteiger partial charge < -0.3 is 0 Å². The van der Waals surface area contributed by atoms with E-state index in [4.69, 9.17) is 11.6 Å². The summed E-state index contributed by atoms with van der Waals surface area (Å²) in [6.45, 7) is 0. The second-order valence-corrected chi connectivity index (χ2v) is 4.52. The number of benzene rings is 1. The third kappa shape index (κ3) is 2.19. The number of alkyl halides is 1. The van der Waals surface area contributed by atoms with Gasteiger partial charge in [0.2, 0.25) is 0 Å². The lowest BCUT2D eigenvalue weighted by Crippen LogP contribution is -2.02. The Balaban J connectivity index is 2.24. The molecule has 2 aromatic heterocycles. The lowest BCUT2D eigenvalue weighted by molar-refractivity contribution is 0.627. The largest absolute Gasteiger partial charge is 0.296 e. The van der Waals surface area contributed by atoms with E-state index in [0.717, 1.165) is 22.5 Å². The molecule has 0 saturated carbocycles. The van der Waals surface area contributed by atoms with Crippen molar-refractivity contribution in [2.75, 3.05) is 5.88 Å². The lowest BCUT2D eigenvalue weighted by atomic mass is 10.3. The molecule has 1 aromatic carbocycles. The lowest BCUT2D eigenvalue weighted by Gasteiger charge is -2.08. The minimum absolute atomic E-state index is 0.256. The van der Waals surface area contributed by atoms with Crippen LogP contribution in [0.4, 0.5) is 4.39 Å². The van der Waals surface area contributed by atoms with Gasteiger partial charge in [-0.05, 0) is 30.3 Å². The predicted molar refractivity (Wildman–Crippen MR) is 73.2 cm³/mol. The molecule has 96 valence electrons. The van der Waals surface area contributed by atoms with Crippen LogP contribution in [0, 0.1) is 5.82 Å². The molecule has 3 aromatic rings. The number of nitrogens with zero attached hydrogens (tertiary/aromatic N) is 3. The highest BCUT2D eigenvalue weighted by atomic mass is 35.5. The van der Waals surface area contributed by atoms with Crippen LogP contribution in [0.3, 0.4) is 0 Å². The molecule has 0 N–H and O–H groups in total. The van der Waals surface area contributed by atoms with Gasteiger partial charge in [0.15, 0.2) is 0 Å². The first-order valence-electron chi connectivity index (χ1n) is 5.93. The molecule has 0 unspecified atom stereocenters. The van der Waals surface area contributed by atoms with Gasteiger partial charge in [-0.15, -0.1) is 11.6 Å². The summed E-state index contributed by atoms with van der Waals surface area (Å²) in [6.07, 6.45) is 4.08. The Morgan fingerprint density at radius 1 is 1.16 bits per heavy atom. The Kier molecular flexibility index (Phi) is 3.17. The van der Waals surface area contributed by atoms with Crippen molar-refractivity contribution in [2.24, 2.45) is 0 Å². The van der Waals surface area contributed by atoms with Crippen molar-refractivity contribution in [1.29, 1.82) is 0 Å². The Morgan fingerprint density at radius 2 is 1.95 bits per heavy atom. The van der Waals surface area contributed by atoms with E-state index in [1.54, 1.807) is 24.5 Å². The van der Waals surface area contributed by atoms with E-state index in [2.05, 4.69) is 9.97 Å². The van der Waals surface area contributed by atoms with Crippen molar-refractivity contribution < 1.29 is 4.39 Å². The topological polar surface area (TPSA) is 30.7 Å². The second kappa shape index (κ2) is 4.97. The number of aromatic nitrogens is 3. The van der Waals surface area contributed by atoms with Crippen molar-refractivity contribution in [2.45, 2.75) is 6.42 Å². The van der Waals surface area contributed by atoms with Crippen molar-refractivity contribution >= 4 is 22.6 Å². The standard InChI is InChI=1S/C14H11ClFN3/c15-7-5-14-18-12-9-17-8-6-13(12)19(14)11-3-1-10(16)2-4-11/h1-4,6,8-9H,5,7H2. The summed E-state index contributed by atoms with van der Waals surface area (Å²) >= 11 is 5.82. The van der Waals surface area contributed by atoms with Crippen LogP contribution >= 0.6 is 11.6 Å². The third-order valence-corrected chi connectivity index (χ3v) is 3.12. The van der Waals surface area contributed by atoms with E-state index < -0.39 is 0 Å². The number of halogens is 2. The minimum Gasteiger partial charge on any atom is -0.296 e. The van der Waals surface area contributed by atoms with Gasteiger partial charge in [-0.1, -0.05) is 0 Å². The van der Waals surface area contributed by atoms with E-state index in [1.807, 2.05) is 10.6 Å². The smallest absolute Gasteiger partial charge is 0.123 e. The molecule has 0 aliphatic carbocycles. The number of fused-ring (bicyclic) bond motifs is 1. The number of pyridine rings is 1. The molecule has 3 rings (SSSR count). The van der Waals surface area contributed by atoms with Gasteiger partial charge in [0.1, 0.15) is 17.2 Å². The quantitative estimate of drug-likeness (QED) is 0.687. The molecule has 0 aliphatic rings. The summed E-state index contributed by atoms with van der Waals surface area (Å²) in [5.74, 6) is 1.08. The number of aryl methyl sites for hydroxylation is 1. The summed E-state index contributed by atoms with van der Waals surface area (Å²) in [6, 6.07) is 8.23. The molecule has 2 heterocycles. The number of hydrogen-bond acceptors (Lipinski definition) is 2. The summed E-state index contributed by atoms with van der Waals surface area (Å²) in [7, 11) is 0. The summed E-state index contributed by atoms with van der Waals surface area (Å²) in [4.78, 5) is 8.59. The van der Waals surface area contributed by atoms with Crippen LogP contribution in [-0.4, -0.2) is 20.4 Å². The van der Waals surface area contributed by atoms with Gasteiger partial charge in [-0.2, -0.15) is 0 Å². The minimum atomic E-state index is -0.256. The van der Waals surface area contributed by atoms with Crippen LogP contribution in [0.15, 0.2) is 42.7 Å². The van der Waals surface area contributed by atoms with E-state index in [0.29, 0.717) is 12.3 Å². The highest BCUT2D eigenvalue weighted by Crippen LogP contribution is 2.21. The van der Waals surface area contributed by atoms with Gasteiger partial charge in [0, 0.05) is 24.2 Å². The Morgan fingerprint density at radius 3 is 2.68 bits per heavy atom. The fraction of sp³-hybridized carbons (Fsp3) is 0.143. The molecule has 3 nitrogen and oxygen atoms in total. The zero-order valence-corrected chi connectivity index (χ0v) is 10.8. The highest BCUT2D eigenvalue weighted by molar-refractivity contribution is 6.17. The van der Waals surface area contributed by atoms with Gasteiger partial charge in [-0.25, -0.2) is 9.37 Å². The Hall–Kier alpha value is -1.94. The molecule has 0 amide bonds. The zero-order chi connectivity index (χ0) is 13.2. The van der Waals surface area contributed by atoms with Gasteiger partial charge in [0.05, 0.1) is 11.7 Å². The first kappa shape index (κ1) is 12.1. The molecule has 0 atom stereocenters. The fourth-order valence-corrected chi connectivity index (χ4v) is 2.28. The number of hydrogen-bond donors (Lipinski definition) is 0. The third-order valence-electron chi connectivity index (χ3n) is 2.93. The molecule has 0 aliphatic heterocycles. The van der Waals surface area contributed by atoms with Crippen LogP contribution in [0.1, 0.15) is 5.82 Å². The first-order valence-corrected chi connectivity index (χ1v) is 6.46. The monoisotopic (exact) mass is 275 g/mol. The van der Waals surface area contributed by atoms with Gasteiger partial charge in [0.25, 0.3) is 0 Å². The van der Waals surface area contributed by atoms with Crippen molar-refractivity contribution in [3.63, 3.8) is 0 Å². The Bertz CT molecular complexity index is 706. The highest BCUT2D eigenvalue weighted by Gasteiger charge is 2.11. The summed E-state index contributed by atoms with van der Waals surface area (Å²) in [5, 5.41) is 0. The van der Waals surface area contributed by atoms with Crippen LogP contribution < -0.4 is 0 Å². The van der Waals surface area contributed by atoms with Crippen LogP contribution in [-0.2, 0) is 6.42 Å². The first-order chi connectivity index (χ1) is 9.29. The van der Waals surface area contributed by atoms with E-state index in [-0.39, 0.29) is 5.82 Å². The summed E-state index contributed by atoms with van der Waals surface area (Å²) in [5.41, 5.74) is 2.63. The summed E-state index contributed by atoms with van der Waals surface area (Å²) < 4.78 is 15.0. The van der Waals surface area contributed by atoms with Crippen LogP contribution in [0.2, 0.25) is 0 Å². The molecular formula is C14H11ClFN3. The van der Waals surface area contributed by atoms with Crippen molar-refractivity contribution in [3.8, 4) is 5.69 Å². The van der Waals surface area contributed by atoms with Crippen LogP contribution in [0.25, 0.3) is 16.7 Å². The van der Waals surface area contributed by atoms with E-state index in [9.17, 15) is 4.39 Å².